The molecule has 0 aromatic carbocycles. The molecule has 1 unspecified atom stereocenters. The monoisotopic (exact) mass is 198 g/mol. The van der Waals surface area contributed by atoms with Gasteiger partial charge in [0.25, 0.3) is 0 Å². The molecule has 0 spiro atoms. The summed E-state index contributed by atoms with van der Waals surface area (Å²) in [5, 5.41) is 3.46. The van der Waals surface area contributed by atoms with Crippen molar-refractivity contribution >= 4 is 0 Å². The molecule has 1 atom stereocenters. The Morgan fingerprint density at radius 2 is 1.71 bits per heavy atom. The first-order valence-corrected chi connectivity index (χ1v) is 6.04. The topological polar surface area (TPSA) is 15.3 Å². The normalized spacial score (nSPS) is 22.9. The third-order valence-corrected chi connectivity index (χ3v) is 2.75. The van der Waals surface area contributed by atoms with Crippen LogP contribution < -0.4 is 5.32 Å². The molecule has 0 saturated carbocycles. The molecular weight excluding hydrogens is 172 g/mol. The third kappa shape index (κ3) is 3.97. The number of nitrogens with zero attached hydrogens (tertiary/aromatic N) is 1. The molecule has 1 rings (SSSR count). The van der Waals surface area contributed by atoms with E-state index in [4.69, 9.17) is 0 Å². The van der Waals surface area contributed by atoms with Crippen LogP contribution in [0.1, 0.15) is 34.1 Å². The van der Waals surface area contributed by atoms with Gasteiger partial charge in [-0.05, 0) is 24.8 Å². The van der Waals surface area contributed by atoms with Crippen LogP contribution in [0.15, 0.2) is 0 Å². The van der Waals surface area contributed by atoms with E-state index in [-0.39, 0.29) is 0 Å². The average Bonchev–Trinajstić information content (AvgIpc) is 2.52. The number of hydrogen-bond donors (Lipinski definition) is 1. The van der Waals surface area contributed by atoms with Crippen LogP contribution in [0, 0.1) is 11.8 Å². The minimum atomic E-state index is 0.786. The SMILES string of the molecule is CC(C)CN(CC(C)C)C1CCNC1. The van der Waals surface area contributed by atoms with Gasteiger partial charge in [0.2, 0.25) is 0 Å². The fourth-order valence-electron chi connectivity index (χ4n) is 2.26. The van der Waals surface area contributed by atoms with E-state index in [0.717, 1.165) is 17.9 Å². The number of hydrogen-bond acceptors (Lipinski definition) is 2. The second-order valence-corrected chi connectivity index (χ2v) is 5.39. The van der Waals surface area contributed by atoms with E-state index in [2.05, 4.69) is 37.9 Å². The van der Waals surface area contributed by atoms with E-state index in [1.165, 1.54) is 32.6 Å². The van der Waals surface area contributed by atoms with Gasteiger partial charge in [0.15, 0.2) is 0 Å². The van der Waals surface area contributed by atoms with E-state index >= 15 is 0 Å². The van der Waals surface area contributed by atoms with Crippen LogP contribution in [0.5, 0.6) is 0 Å². The summed E-state index contributed by atoms with van der Waals surface area (Å²) >= 11 is 0. The highest BCUT2D eigenvalue weighted by Crippen LogP contribution is 2.13. The first kappa shape index (κ1) is 12.0. The largest absolute Gasteiger partial charge is 0.315 e. The Kier molecular flexibility index (Phi) is 4.90. The fraction of sp³-hybridized carbons (Fsp3) is 1.00. The minimum Gasteiger partial charge on any atom is -0.315 e. The van der Waals surface area contributed by atoms with Crippen LogP contribution >= 0.6 is 0 Å². The standard InChI is InChI=1S/C12H26N2/c1-10(2)8-14(9-11(3)4)12-5-6-13-7-12/h10-13H,5-9H2,1-4H3. The maximum Gasteiger partial charge on any atom is 0.0232 e. The fourth-order valence-corrected chi connectivity index (χ4v) is 2.26. The van der Waals surface area contributed by atoms with Crippen LogP contribution in [0.3, 0.4) is 0 Å². The smallest absolute Gasteiger partial charge is 0.0232 e. The lowest BCUT2D eigenvalue weighted by Crippen LogP contribution is -2.41. The van der Waals surface area contributed by atoms with Crippen molar-refractivity contribution in [3.05, 3.63) is 0 Å². The lowest BCUT2D eigenvalue weighted by Gasteiger charge is -2.31. The van der Waals surface area contributed by atoms with E-state index in [0.29, 0.717) is 0 Å². The zero-order valence-electron chi connectivity index (χ0n) is 10.2. The van der Waals surface area contributed by atoms with Crippen LogP contribution in [0.4, 0.5) is 0 Å². The van der Waals surface area contributed by atoms with Gasteiger partial charge in [0, 0.05) is 25.7 Å². The zero-order valence-corrected chi connectivity index (χ0v) is 10.2. The summed E-state index contributed by atoms with van der Waals surface area (Å²) in [6.07, 6.45) is 1.33. The Balaban J connectivity index is 2.42. The van der Waals surface area contributed by atoms with Crippen molar-refractivity contribution in [2.45, 2.75) is 40.2 Å². The van der Waals surface area contributed by atoms with Crippen molar-refractivity contribution in [2.24, 2.45) is 11.8 Å². The quantitative estimate of drug-likeness (QED) is 0.726. The van der Waals surface area contributed by atoms with Gasteiger partial charge >= 0.3 is 0 Å². The molecule has 2 nitrogen and oxygen atoms in total. The summed E-state index contributed by atoms with van der Waals surface area (Å²) in [6.45, 7) is 14.2. The number of nitrogens with one attached hydrogen (secondary N) is 1. The molecule has 0 bridgehead atoms. The van der Waals surface area contributed by atoms with Gasteiger partial charge in [0.05, 0.1) is 0 Å². The van der Waals surface area contributed by atoms with Crippen molar-refractivity contribution < 1.29 is 0 Å². The molecule has 1 saturated heterocycles. The van der Waals surface area contributed by atoms with Crippen molar-refractivity contribution in [1.29, 1.82) is 0 Å². The molecule has 0 aromatic heterocycles. The lowest BCUT2D eigenvalue weighted by molar-refractivity contribution is 0.166. The van der Waals surface area contributed by atoms with Crippen molar-refractivity contribution in [2.75, 3.05) is 26.2 Å². The summed E-state index contributed by atoms with van der Waals surface area (Å²) in [6, 6.07) is 0.791. The van der Waals surface area contributed by atoms with Gasteiger partial charge in [0.1, 0.15) is 0 Å². The van der Waals surface area contributed by atoms with E-state index in [9.17, 15) is 0 Å². The second-order valence-electron chi connectivity index (χ2n) is 5.39. The molecule has 0 amide bonds. The van der Waals surface area contributed by atoms with Crippen LogP contribution in [-0.2, 0) is 0 Å². The van der Waals surface area contributed by atoms with Gasteiger partial charge < -0.3 is 5.32 Å². The Bertz CT molecular complexity index is 138. The lowest BCUT2D eigenvalue weighted by atomic mass is 10.1. The Labute approximate surface area is 89.1 Å². The van der Waals surface area contributed by atoms with Gasteiger partial charge in [-0.3, -0.25) is 4.90 Å². The maximum atomic E-state index is 3.46. The predicted molar refractivity (Wildman–Crippen MR) is 62.5 cm³/mol. The summed E-state index contributed by atoms with van der Waals surface area (Å²) in [5.41, 5.74) is 0. The highest BCUT2D eigenvalue weighted by Gasteiger charge is 2.22. The molecule has 0 aliphatic carbocycles. The maximum absolute atomic E-state index is 3.46. The molecule has 0 radical (unpaired) electrons. The Morgan fingerprint density at radius 1 is 1.14 bits per heavy atom. The summed E-state index contributed by atoms with van der Waals surface area (Å²) < 4.78 is 0. The average molecular weight is 198 g/mol. The molecule has 1 N–H and O–H groups in total. The highest BCUT2D eigenvalue weighted by atomic mass is 15.2. The van der Waals surface area contributed by atoms with E-state index < -0.39 is 0 Å². The minimum absolute atomic E-state index is 0.786. The van der Waals surface area contributed by atoms with Crippen LogP contribution in [0.25, 0.3) is 0 Å². The van der Waals surface area contributed by atoms with Gasteiger partial charge in [-0.25, -0.2) is 0 Å². The van der Waals surface area contributed by atoms with Gasteiger partial charge in [-0.1, -0.05) is 27.7 Å². The molecule has 1 fully saturated rings. The molecule has 2 heteroatoms. The van der Waals surface area contributed by atoms with Crippen LogP contribution in [0.2, 0.25) is 0 Å². The van der Waals surface area contributed by atoms with E-state index in [1.807, 2.05) is 0 Å². The van der Waals surface area contributed by atoms with Crippen molar-refractivity contribution in [1.82, 2.24) is 10.2 Å². The first-order valence-electron chi connectivity index (χ1n) is 6.04. The Hall–Kier alpha value is -0.0800. The molecule has 0 aromatic rings. The molecule has 1 aliphatic heterocycles. The van der Waals surface area contributed by atoms with E-state index in [1.54, 1.807) is 0 Å². The summed E-state index contributed by atoms with van der Waals surface area (Å²) in [4.78, 5) is 2.68. The number of rotatable bonds is 5. The zero-order chi connectivity index (χ0) is 10.6. The Morgan fingerprint density at radius 3 is 2.07 bits per heavy atom. The van der Waals surface area contributed by atoms with Crippen molar-refractivity contribution in [3.8, 4) is 0 Å². The second kappa shape index (κ2) is 5.72. The summed E-state index contributed by atoms with van der Waals surface area (Å²) in [7, 11) is 0. The molecule has 1 aliphatic rings. The highest BCUT2D eigenvalue weighted by molar-refractivity contribution is 4.81. The molecule has 1 heterocycles. The molecule has 84 valence electrons. The third-order valence-electron chi connectivity index (χ3n) is 2.75. The predicted octanol–water partition coefficient (Wildman–Crippen LogP) is 1.96. The first-order chi connectivity index (χ1) is 6.59. The van der Waals surface area contributed by atoms with Gasteiger partial charge in [-0.15, -0.1) is 0 Å². The van der Waals surface area contributed by atoms with Crippen LogP contribution in [-0.4, -0.2) is 37.1 Å². The molecule has 14 heavy (non-hydrogen) atoms. The molecular formula is C12H26N2. The van der Waals surface area contributed by atoms with Crippen molar-refractivity contribution in [3.63, 3.8) is 0 Å². The van der Waals surface area contributed by atoms with Gasteiger partial charge in [-0.2, -0.15) is 0 Å². The summed E-state index contributed by atoms with van der Waals surface area (Å²) in [5.74, 6) is 1.57.